The van der Waals surface area contributed by atoms with Crippen LogP contribution in [0.25, 0.3) is 0 Å². The number of ether oxygens (including phenoxy) is 3. The Kier molecular flexibility index (Phi) is 9.71. The number of carbonyl (C=O) groups excluding carboxylic acids is 1. The summed E-state index contributed by atoms with van der Waals surface area (Å²) < 4.78 is 13.1. The zero-order chi connectivity index (χ0) is 12.4. The maximum absolute atomic E-state index is 10.6. The van der Waals surface area contributed by atoms with Crippen LogP contribution in [0.5, 0.6) is 0 Å². The Morgan fingerprint density at radius 2 is 1.27 bits per heavy atom. The summed E-state index contributed by atoms with van der Waals surface area (Å²) in [7, 11) is 1.10. The van der Waals surface area contributed by atoms with Crippen molar-refractivity contribution in [3.8, 4) is 0 Å². The summed E-state index contributed by atoms with van der Waals surface area (Å²) in [6.45, 7) is 7.12. The van der Waals surface area contributed by atoms with Gasteiger partial charge in [-0.1, -0.05) is 0 Å². The highest BCUT2D eigenvalue weighted by atomic mass is 16.7. The second-order valence-electron chi connectivity index (χ2n) is 3.05. The molecule has 0 aromatic rings. The van der Waals surface area contributed by atoms with E-state index in [1.165, 1.54) is 0 Å². The Morgan fingerprint density at radius 3 is 1.40 bits per heavy atom. The van der Waals surface area contributed by atoms with E-state index in [9.17, 15) is 4.79 Å². The number of methoxy groups -OCH3 is 1. The van der Waals surface area contributed by atoms with E-state index in [2.05, 4.69) is 4.74 Å². The lowest BCUT2D eigenvalue weighted by molar-refractivity contribution is 0.0167. The standard InChI is InChI=1S/C7H14O3.C2H4O3/c1-5(2)9-7(8)10-6(3)4;1-5-2(3)4/h5-6H,1-4H3;1H3,(H,3,4). The smallest absolute Gasteiger partial charge is 0.450 e. The maximum Gasteiger partial charge on any atom is 0.508 e. The van der Waals surface area contributed by atoms with Gasteiger partial charge in [0.1, 0.15) is 0 Å². The van der Waals surface area contributed by atoms with Crippen molar-refractivity contribution in [3.05, 3.63) is 0 Å². The van der Waals surface area contributed by atoms with Gasteiger partial charge in [-0.25, -0.2) is 9.59 Å². The SMILES string of the molecule is CC(C)OC(=O)OC(C)C.COC(=O)O. The van der Waals surface area contributed by atoms with Crippen molar-refractivity contribution in [1.82, 2.24) is 0 Å². The van der Waals surface area contributed by atoms with E-state index in [1.54, 1.807) is 27.7 Å². The highest BCUT2D eigenvalue weighted by Crippen LogP contribution is 1.95. The van der Waals surface area contributed by atoms with E-state index in [0.717, 1.165) is 7.11 Å². The van der Waals surface area contributed by atoms with Gasteiger partial charge in [0.2, 0.25) is 0 Å². The topological polar surface area (TPSA) is 82.1 Å². The lowest BCUT2D eigenvalue weighted by Gasteiger charge is -2.10. The largest absolute Gasteiger partial charge is 0.508 e. The minimum Gasteiger partial charge on any atom is -0.450 e. The fraction of sp³-hybridized carbons (Fsp3) is 0.778. The van der Waals surface area contributed by atoms with Gasteiger partial charge in [-0.2, -0.15) is 0 Å². The molecule has 0 heterocycles. The molecule has 0 bridgehead atoms. The monoisotopic (exact) mass is 222 g/mol. The van der Waals surface area contributed by atoms with Crippen molar-refractivity contribution in [2.45, 2.75) is 39.9 Å². The summed E-state index contributed by atoms with van der Waals surface area (Å²) in [5.74, 6) is 0. The Hall–Kier alpha value is -1.46. The summed E-state index contributed by atoms with van der Waals surface area (Å²) in [6.07, 6.45) is -2.05. The molecule has 0 aliphatic heterocycles. The van der Waals surface area contributed by atoms with Crippen molar-refractivity contribution in [1.29, 1.82) is 0 Å². The second-order valence-corrected chi connectivity index (χ2v) is 3.05. The fourth-order valence-corrected chi connectivity index (χ4v) is 0.413. The summed E-state index contributed by atoms with van der Waals surface area (Å²) in [5.41, 5.74) is 0. The van der Waals surface area contributed by atoms with Crippen LogP contribution in [0.2, 0.25) is 0 Å². The molecule has 90 valence electrons. The zero-order valence-corrected chi connectivity index (χ0v) is 9.64. The van der Waals surface area contributed by atoms with E-state index in [0.29, 0.717) is 0 Å². The average molecular weight is 222 g/mol. The van der Waals surface area contributed by atoms with Crippen LogP contribution in [0.1, 0.15) is 27.7 Å². The quantitative estimate of drug-likeness (QED) is 0.721. The number of hydrogen-bond donors (Lipinski definition) is 1. The van der Waals surface area contributed by atoms with Crippen molar-refractivity contribution in [2.24, 2.45) is 0 Å². The molecule has 0 aliphatic rings. The van der Waals surface area contributed by atoms with Crippen LogP contribution in [0.3, 0.4) is 0 Å². The molecule has 0 spiro atoms. The van der Waals surface area contributed by atoms with Crippen LogP contribution in [0.4, 0.5) is 9.59 Å². The molecule has 0 atom stereocenters. The highest BCUT2D eigenvalue weighted by molar-refractivity contribution is 5.60. The normalized spacial score (nSPS) is 9.00. The van der Waals surface area contributed by atoms with E-state index in [-0.39, 0.29) is 12.2 Å². The minimum atomic E-state index is -1.25. The van der Waals surface area contributed by atoms with Gasteiger partial charge in [0, 0.05) is 0 Å². The summed E-state index contributed by atoms with van der Waals surface area (Å²) >= 11 is 0. The van der Waals surface area contributed by atoms with Gasteiger partial charge in [-0.15, -0.1) is 0 Å². The van der Waals surface area contributed by atoms with Crippen LogP contribution in [0, 0.1) is 0 Å². The number of hydrogen-bond acceptors (Lipinski definition) is 5. The van der Waals surface area contributed by atoms with Crippen LogP contribution < -0.4 is 0 Å². The molecule has 15 heavy (non-hydrogen) atoms. The molecule has 1 N–H and O–H groups in total. The van der Waals surface area contributed by atoms with Gasteiger partial charge in [-0.05, 0) is 27.7 Å². The molecule has 0 radical (unpaired) electrons. The molecule has 0 unspecified atom stereocenters. The van der Waals surface area contributed by atoms with E-state index in [4.69, 9.17) is 19.4 Å². The molecule has 0 aliphatic carbocycles. The lowest BCUT2D eigenvalue weighted by atomic mass is 10.5. The Bertz CT molecular complexity index is 175. The molecule has 0 saturated carbocycles. The van der Waals surface area contributed by atoms with Crippen molar-refractivity contribution < 1.29 is 28.9 Å². The first-order valence-electron chi connectivity index (χ1n) is 4.43. The highest BCUT2D eigenvalue weighted by Gasteiger charge is 2.07. The molecule has 6 heteroatoms. The zero-order valence-electron chi connectivity index (χ0n) is 9.64. The Morgan fingerprint density at radius 1 is 1.00 bits per heavy atom. The van der Waals surface area contributed by atoms with Gasteiger partial charge >= 0.3 is 12.3 Å². The lowest BCUT2D eigenvalue weighted by Crippen LogP contribution is -2.16. The molecule has 0 saturated heterocycles. The number of carboxylic acid groups (broad SMARTS) is 1. The van der Waals surface area contributed by atoms with Gasteiger partial charge in [-0.3, -0.25) is 0 Å². The molecular formula is C9H18O6. The Labute approximate surface area is 89.1 Å². The second kappa shape index (κ2) is 9.11. The van der Waals surface area contributed by atoms with Gasteiger partial charge in [0.05, 0.1) is 19.3 Å². The summed E-state index contributed by atoms with van der Waals surface area (Å²) in [5, 5.41) is 7.50. The fourth-order valence-electron chi connectivity index (χ4n) is 0.413. The maximum atomic E-state index is 10.6. The van der Waals surface area contributed by atoms with Crippen LogP contribution in [-0.4, -0.2) is 36.7 Å². The predicted molar refractivity (Wildman–Crippen MR) is 52.9 cm³/mol. The molecule has 0 fully saturated rings. The molecule has 0 aromatic heterocycles. The number of rotatable bonds is 2. The minimum absolute atomic E-state index is 0.105. The van der Waals surface area contributed by atoms with Crippen molar-refractivity contribution in [2.75, 3.05) is 7.11 Å². The van der Waals surface area contributed by atoms with Crippen LogP contribution >= 0.6 is 0 Å². The predicted octanol–water partition coefficient (Wildman–Crippen LogP) is 2.27. The van der Waals surface area contributed by atoms with Gasteiger partial charge < -0.3 is 19.3 Å². The molecule has 0 aromatic carbocycles. The van der Waals surface area contributed by atoms with Crippen molar-refractivity contribution in [3.63, 3.8) is 0 Å². The third kappa shape index (κ3) is 19.1. The van der Waals surface area contributed by atoms with E-state index in [1.807, 2.05) is 0 Å². The van der Waals surface area contributed by atoms with Gasteiger partial charge in [0.25, 0.3) is 0 Å². The first-order chi connectivity index (χ1) is 6.79. The molecule has 0 amide bonds. The van der Waals surface area contributed by atoms with E-state index >= 15 is 0 Å². The Balaban J connectivity index is 0. The first kappa shape index (κ1) is 16.0. The first-order valence-corrected chi connectivity index (χ1v) is 4.43. The average Bonchev–Trinajstić information content (AvgIpc) is 2.01. The third-order valence-corrected chi connectivity index (χ3v) is 0.838. The molecule has 6 nitrogen and oxygen atoms in total. The van der Waals surface area contributed by atoms with Crippen LogP contribution in [-0.2, 0) is 14.2 Å². The van der Waals surface area contributed by atoms with E-state index < -0.39 is 12.3 Å². The molecule has 0 rings (SSSR count). The summed E-state index contributed by atoms with van der Waals surface area (Å²) in [6, 6.07) is 0. The third-order valence-electron chi connectivity index (χ3n) is 0.838. The van der Waals surface area contributed by atoms with Crippen LogP contribution in [0.15, 0.2) is 0 Å². The number of carbonyl (C=O) groups is 2. The molecular weight excluding hydrogens is 204 g/mol. The van der Waals surface area contributed by atoms with Crippen molar-refractivity contribution >= 4 is 12.3 Å². The summed E-state index contributed by atoms with van der Waals surface area (Å²) in [4.78, 5) is 19.8. The van der Waals surface area contributed by atoms with Gasteiger partial charge in [0.15, 0.2) is 0 Å².